The fraction of sp³-hybridized carbons (Fsp3) is 0.400. The molecule has 0 amide bonds. The number of quaternary nitrogens is 1. The average Bonchev–Trinajstić information content (AvgIpc) is 3.31. The monoisotopic (exact) mass is 650 g/mol. The summed E-state index contributed by atoms with van der Waals surface area (Å²) < 4.78 is 71.0. The van der Waals surface area contributed by atoms with Crippen LogP contribution in [0.1, 0.15) is 65.0 Å². The average molecular weight is 651 g/mol. The largest absolute Gasteiger partial charge is 0.323 e. The Kier molecular flexibility index (Phi) is 7.38. The molecule has 2 unspecified atom stereocenters. The number of nitrogens with zero attached hydrogens (tertiary/aromatic N) is 2. The van der Waals surface area contributed by atoms with Gasteiger partial charge in [0.25, 0.3) is 10.1 Å². The second kappa shape index (κ2) is 10.4. The van der Waals surface area contributed by atoms with Crippen molar-refractivity contribution in [1.82, 2.24) is 4.48 Å². The molecule has 3 heterocycles. The van der Waals surface area contributed by atoms with Crippen LogP contribution >= 0.6 is 0 Å². The maximum atomic E-state index is 13.1. The zero-order chi connectivity index (χ0) is 32.6. The number of unbranched alkanes of at least 4 members (excludes halogenated alkanes) is 1. The molecule has 0 saturated carbocycles. The Morgan fingerprint density at radius 2 is 1.56 bits per heavy atom. The van der Waals surface area contributed by atoms with Crippen LogP contribution in [0.25, 0.3) is 10.8 Å². The van der Waals surface area contributed by atoms with E-state index < -0.39 is 30.5 Å². The predicted molar refractivity (Wildman–Crippen MR) is 180 cm³/mol. The van der Waals surface area contributed by atoms with Crippen molar-refractivity contribution in [2.75, 3.05) is 18.8 Å². The maximum Gasteiger partial charge on any atom is 0.323 e. The van der Waals surface area contributed by atoms with Crippen molar-refractivity contribution in [1.29, 1.82) is 0 Å². The van der Waals surface area contributed by atoms with E-state index in [2.05, 4.69) is 62.6 Å². The molecule has 8 nitrogen and oxygen atoms in total. The lowest BCUT2D eigenvalue weighted by Gasteiger charge is -2.56. The zero-order valence-electron chi connectivity index (χ0n) is 26.5. The summed E-state index contributed by atoms with van der Waals surface area (Å²) in [7, 11) is -8.46. The normalized spacial score (nSPS) is 26.2. The molecule has 45 heavy (non-hydrogen) atoms. The molecule has 3 aromatic carbocycles. The molecule has 0 aliphatic carbocycles. The molecule has 2 N–H and O–H groups in total. The van der Waals surface area contributed by atoms with Gasteiger partial charge in [-0.25, -0.2) is 4.48 Å². The van der Waals surface area contributed by atoms with Crippen LogP contribution in [0.2, 0.25) is 0 Å². The van der Waals surface area contributed by atoms with Crippen LogP contribution in [0.3, 0.4) is 0 Å². The van der Waals surface area contributed by atoms with E-state index in [1.54, 1.807) is 6.92 Å². The first-order chi connectivity index (χ1) is 21.0. The number of hydrogen-bond donors (Lipinski definition) is 2. The van der Waals surface area contributed by atoms with Gasteiger partial charge in [0.1, 0.15) is 17.9 Å². The Hall–Kier alpha value is -3.15. The van der Waals surface area contributed by atoms with Gasteiger partial charge in [-0.2, -0.15) is 21.4 Å². The van der Waals surface area contributed by atoms with Gasteiger partial charge < -0.3 is 0 Å². The van der Waals surface area contributed by atoms with Gasteiger partial charge in [-0.1, -0.05) is 48.5 Å². The van der Waals surface area contributed by atoms with Crippen molar-refractivity contribution >= 4 is 48.1 Å². The first-order valence-electron chi connectivity index (χ1n) is 15.4. The molecular formula is C35H42N2O6S2+2. The van der Waals surface area contributed by atoms with Gasteiger partial charge in [0.05, 0.1) is 29.5 Å². The van der Waals surface area contributed by atoms with Crippen molar-refractivity contribution in [3.05, 3.63) is 95.7 Å². The SMILES string of the molecule is CC1(C)C(C=CC=C2C(C)(C)c3c(ccc4ccccc34)[N+]23CCC3(C)S(=O)(=O)O)=[N+](CCCCS(=O)(=O)O)c2ccccc21. The Bertz CT molecular complexity index is 2040. The van der Waals surface area contributed by atoms with Gasteiger partial charge in [0, 0.05) is 42.7 Å². The molecule has 238 valence electrons. The van der Waals surface area contributed by atoms with E-state index in [0.29, 0.717) is 32.4 Å². The lowest BCUT2D eigenvalue weighted by atomic mass is 9.80. The summed E-state index contributed by atoms with van der Waals surface area (Å²) >= 11 is 0. The fourth-order valence-corrected chi connectivity index (χ4v) is 9.80. The lowest BCUT2D eigenvalue weighted by Crippen LogP contribution is -2.76. The first-order valence-corrected chi connectivity index (χ1v) is 18.5. The van der Waals surface area contributed by atoms with Gasteiger partial charge in [0.2, 0.25) is 10.6 Å². The lowest BCUT2D eigenvalue weighted by molar-refractivity contribution is -0.438. The first kappa shape index (κ1) is 31.8. The Balaban J connectivity index is 1.49. The summed E-state index contributed by atoms with van der Waals surface area (Å²) in [4.78, 5) is -1.42. The summed E-state index contributed by atoms with van der Waals surface area (Å²) in [5.74, 6) is -0.278. The Morgan fingerprint density at radius 1 is 0.867 bits per heavy atom. The van der Waals surface area contributed by atoms with Crippen molar-refractivity contribution in [3.63, 3.8) is 0 Å². The van der Waals surface area contributed by atoms with Crippen LogP contribution in [-0.2, 0) is 31.1 Å². The Morgan fingerprint density at radius 3 is 2.22 bits per heavy atom. The summed E-state index contributed by atoms with van der Waals surface area (Å²) in [5.41, 5.74) is 5.28. The third kappa shape index (κ3) is 4.67. The number of para-hydroxylation sites is 1. The molecule has 3 aliphatic rings. The van der Waals surface area contributed by atoms with E-state index in [9.17, 15) is 25.9 Å². The predicted octanol–water partition coefficient (Wildman–Crippen LogP) is 6.63. The number of fused-ring (bicyclic) bond motifs is 5. The molecule has 10 heteroatoms. The molecule has 1 saturated heterocycles. The third-order valence-electron chi connectivity index (χ3n) is 10.6. The van der Waals surface area contributed by atoms with Gasteiger partial charge >= 0.3 is 10.1 Å². The molecule has 0 bridgehead atoms. The number of hydrogen-bond acceptors (Lipinski definition) is 4. The number of benzene rings is 3. The molecule has 3 aromatic rings. The van der Waals surface area contributed by atoms with Crippen molar-refractivity contribution < 1.29 is 30.5 Å². The molecule has 1 fully saturated rings. The topological polar surface area (TPSA) is 112 Å². The van der Waals surface area contributed by atoms with Crippen molar-refractivity contribution in [2.45, 2.75) is 69.6 Å². The molecule has 3 aliphatic heterocycles. The van der Waals surface area contributed by atoms with Gasteiger partial charge in [-0.15, -0.1) is 0 Å². The summed E-state index contributed by atoms with van der Waals surface area (Å²) in [5, 5.41) is 2.16. The quantitative estimate of drug-likeness (QED) is 0.123. The molecular weight excluding hydrogens is 609 g/mol. The van der Waals surface area contributed by atoms with Crippen LogP contribution in [0, 0.1) is 0 Å². The highest BCUT2D eigenvalue weighted by molar-refractivity contribution is 7.87. The van der Waals surface area contributed by atoms with Crippen LogP contribution in [-0.4, -0.2) is 59.9 Å². The van der Waals surface area contributed by atoms with Gasteiger partial charge in [-0.3, -0.25) is 9.11 Å². The molecule has 1 spiro atoms. The van der Waals surface area contributed by atoms with Crippen molar-refractivity contribution in [3.8, 4) is 0 Å². The molecule has 0 radical (unpaired) electrons. The van der Waals surface area contributed by atoms with Crippen LogP contribution in [0.5, 0.6) is 0 Å². The van der Waals surface area contributed by atoms with Crippen molar-refractivity contribution in [2.24, 2.45) is 0 Å². The summed E-state index contributed by atoms with van der Waals surface area (Å²) in [6.07, 6.45) is 7.38. The van der Waals surface area contributed by atoms with E-state index in [1.165, 1.54) is 0 Å². The van der Waals surface area contributed by atoms with E-state index in [-0.39, 0.29) is 15.7 Å². The third-order valence-corrected chi connectivity index (χ3v) is 13.0. The Labute approximate surface area is 266 Å². The van der Waals surface area contributed by atoms with Gasteiger partial charge in [0.15, 0.2) is 5.71 Å². The van der Waals surface area contributed by atoms with Crippen LogP contribution in [0.15, 0.2) is 84.6 Å². The molecule has 2 atom stereocenters. The maximum absolute atomic E-state index is 13.1. The number of allylic oxidation sites excluding steroid dienone is 4. The van der Waals surface area contributed by atoms with Gasteiger partial charge in [-0.05, 0) is 57.0 Å². The number of rotatable bonds is 8. The second-order valence-electron chi connectivity index (χ2n) is 13.8. The van der Waals surface area contributed by atoms with E-state index in [1.807, 2.05) is 48.6 Å². The highest BCUT2D eigenvalue weighted by atomic mass is 32.2. The minimum absolute atomic E-state index is 0.0572. The van der Waals surface area contributed by atoms with Crippen LogP contribution < -0.4 is 4.48 Å². The highest BCUT2D eigenvalue weighted by Crippen LogP contribution is 2.63. The zero-order valence-corrected chi connectivity index (χ0v) is 28.1. The molecule has 0 aromatic heterocycles. The minimum atomic E-state index is -4.43. The smallest absolute Gasteiger partial charge is 0.286 e. The van der Waals surface area contributed by atoms with Crippen LogP contribution in [0.4, 0.5) is 11.4 Å². The highest BCUT2D eigenvalue weighted by Gasteiger charge is 2.73. The fourth-order valence-electron chi connectivity index (χ4n) is 8.20. The minimum Gasteiger partial charge on any atom is -0.286 e. The standard InChI is InChI=1S/C35H40N2O6S2/c1-33(2)27-15-8-9-16-28(27)36(22-10-11-24-44(38,39)40)30(33)17-12-18-31-34(3,4)32-26-14-7-6-13-25(26)19-20-29(32)37(31)23-21-35(37,5)45(41,42)43/h6-9,12-20H,10-11,21-24H2,1-5H3/p+2. The van der Waals surface area contributed by atoms with E-state index >= 15 is 0 Å². The second-order valence-corrected chi connectivity index (χ2v) is 17.2. The molecule has 6 rings (SSSR count). The summed E-state index contributed by atoms with van der Waals surface area (Å²) in [6, 6.07) is 20.4. The summed E-state index contributed by atoms with van der Waals surface area (Å²) in [6.45, 7) is 11.4. The van der Waals surface area contributed by atoms with E-state index in [4.69, 9.17) is 0 Å². The van der Waals surface area contributed by atoms with E-state index in [0.717, 1.165) is 44.7 Å².